The third-order valence-electron chi connectivity index (χ3n) is 5.16. The molecule has 2 N–H and O–H groups in total. The molecule has 0 radical (unpaired) electrons. The van der Waals surface area contributed by atoms with Crippen LogP contribution in [-0.2, 0) is 6.54 Å². The van der Waals surface area contributed by atoms with Crippen molar-refractivity contribution in [3.05, 3.63) is 36.5 Å². The molecule has 0 saturated carbocycles. The molecule has 28 heavy (non-hydrogen) atoms. The van der Waals surface area contributed by atoms with E-state index in [1.54, 1.807) is 0 Å². The Balaban J connectivity index is 0.00000392. The molecule has 1 aromatic carbocycles. The van der Waals surface area contributed by atoms with Gasteiger partial charge in [-0.15, -0.1) is 24.0 Å². The van der Waals surface area contributed by atoms with Crippen molar-refractivity contribution in [2.45, 2.75) is 52.6 Å². The third-order valence-corrected chi connectivity index (χ3v) is 5.16. The van der Waals surface area contributed by atoms with Crippen molar-refractivity contribution in [1.82, 2.24) is 20.1 Å². The summed E-state index contributed by atoms with van der Waals surface area (Å²) < 4.78 is 2.32. The minimum atomic E-state index is 0. The van der Waals surface area contributed by atoms with Crippen LogP contribution in [0.15, 0.2) is 41.5 Å². The van der Waals surface area contributed by atoms with Gasteiger partial charge in [-0.2, -0.15) is 0 Å². The average molecular weight is 499 g/mol. The molecular weight excluding hydrogens is 461 g/mol. The smallest absolute Gasteiger partial charge is 0.191 e. The Bertz CT molecular complexity index is 693. The Morgan fingerprint density at radius 3 is 2.61 bits per heavy atom. The van der Waals surface area contributed by atoms with Crippen LogP contribution >= 0.6 is 24.0 Å². The second-order valence-corrected chi connectivity index (χ2v) is 7.13. The zero-order valence-corrected chi connectivity index (χ0v) is 20.3. The molecule has 0 aliphatic heterocycles. The number of benzene rings is 1. The predicted octanol–water partition coefficient (Wildman–Crippen LogP) is 4.32. The summed E-state index contributed by atoms with van der Waals surface area (Å²) in [5.74, 6) is 0.905. The first-order valence-electron chi connectivity index (χ1n) is 10.4. The predicted molar refractivity (Wildman–Crippen MR) is 133 cm³/mol. The van der Waals surface area contributed by atoms with Crippen molar-refractivity contribution in [1.29, 1.82) is 0 Å². The van der Waals surface area contributed by atoms with Gasteiger partial charge >= 0.3 is 0 Å². The van der Waals surface area contributed by atoms with Crippen LogP contribution in [0.1, 0.15) is 40.0 Å². The monoisotopic (exact) mass is 499 g/mol. The summed E-state index contributed by atoms with van der Waals surface area (Å²) in [4.78, 5) is 6.84. The van der Waals surface area contributed by atoms with Gasteiger partial charge in [-0.05, 0) is 63.3 Å². The summed E-state index contributed by atoms with van der Waals surface area (Å²) in [5, 5.41) is 8.27. The van der Waals surface area contributed by atoms with E-state index in [1.165, 1.54) is 23.9 Å². The van der Waals surface area contributed by atoms with E-state index in [9.17, 15) is 0 Å². The van der Waals surface area contributed by atoms with Gasteiger partial charge in [-0.25, -0.2) is 0 Å². The number of fused-ring (bicyclic) bond motifs is 1. The van der Waals surface area contributed by atoms with Gasteiger partial charge < -0.3 is 20.1 Å². The Kier molecular flexibility index (Phi) is 12.2. The standard InChI is InChI=1S/C22H37N5.HI/c1-5-26(6-2)16-9-11-19(3)25-22(23-4)24-15-10-17-27-18-14-20-12-7-8-13-21(20)27;/h7-8,12-14,18-19H,5-6,9-11,15-17H2,1-4H3,(H2,23,24,25);1H. The first-order valence-corrected chi connectivity index (χ1v) is 10.4. The molecule has 0 amide bonds. The van der Waals surface area contributed by atoms with Crippen LogP contribution < -0.4 is 10.6 Å². The number of para-hydroxylation sites is 1. The van der Waals surface area contributed by atoms with Crippen LogP contribution in [0.5, 0.6) is 0 Å². The first kappa shape index (κ1) is 24.8. The van der Waals surface area contributed by atoms with Crippen LogP contribution in [0.4, 0.5) is 0 Å². The molecular formula is C22H38IN5. The van der Waals surface area contributed by atoms with E-state index >= 15 is 0 Å². The Hall–Kier alpha value is -1.28. The molecule has 2 rings (SSSR count). The summed E-state index contributed by atoms with van der Waals surface area (Å²) in [7, 11) is 1.84. The van der Waals surface area contributed by atoms with Crippen molar-refractivity contribution < 1.29 is 0 Å². The maximum atomic E-state index is 4.37. The zero-order chi connectivity index (χ0) is 19.5. The van der Waals surface area contributed by atoms with Gasteiger partial charge in [-0.3, -0.25) is 4.99 Å². The molecule has 1 unspecified atom stereocenters. The number of aliphatic imine (C=N–C) groups is 1. The van der Waals surface area contributed by atoms with Crippen LogP contribution in [0.2, 0.25) is 0 Å². The first-order chi connectivity index (χ1) is 13.2. The zero-order valence-electron chi connectivity index (χ0n) is 17.9. The van der Waals surface area contributed by atoms with E-state index in [2.05, 4.69) is 82.4 Å². The maximum absolute atomic E-state index is 4.37. The average Bonchev–Trinajstić information content (AvgIpc) is 3.10. The summed E-state index contributed by atoms with van der Waals surface area (Å²) in [6.45, 7) is 12.1. The molecule has 0 aliphatic carbocycles. The lowest BCUT2D eigenvalue weighted by atomic mass is 10.2. The summed E-state index contributed by atoms with van der Waals surface area (Å²) in [6, 6.07) is 11.2. The van der Waals surface area contributed by atoms with E-state index in [-0.39, 0.29) is 24.0 Å². The largest absolute Gasteiger partial charge is 0.356 e. The summed E-state index contributed by atoms with van der Waals surface area (Å²) in [6.07, 6.45) is 5.62. The van der Waals surface area contributed by atoms with Crippen molar-refractivity contribution >= 4 is 40.8 Å². The van der Waals surface area contributed by atoms with Gasteiger partial charge in [0.15, 0.2) is 5.96 Å². The highest BCUT2D eigenvalue weighted by Crippen LogP contribution is 2.15. The van der Waals surface area contributed by atoms with Crippen LogP contribution in [0.25, 0.3) is 10.9 Å². The van der Waals surface area contributed by atoms with Gasteiger partial charge in [0.1, 0.15) is 0 Å². The minimum Gasteiger partial charge on any atom is -0.356 e. The third kappa shape index (κ3) is 7.99. The van der Waals surface area contributed by atoms with E-state index in [4.69, 9.17) is 0 Å². The van der Waals surface area contributed by atoms with Crippen LogP contribution in [-0.4, -0.2) is 54.7 Å². The molecule has 0 bridgehead atoms. The molecule has 0 saturated heterocycles. The topological polar surface area (TPSA) is 44.6 Å². The highest BCUT2D eigenvalue weighted by atomic mass is 127. The molecule has 0 spiro atoms. The minimum absolute atomic E-state index is 0. The van der Waals surface area contributed by atoms with Gasteiger partial charge in [0, 0.05) is 37.9 Å². The quantitative estimate of drug-likeness (QED) is 0.210. The fraction of sp³-hybridized carbons (Fsp3) is 0.591. The number of rotatable bonds is 11. The second-order valence-electron chi connectivity index (χ2n) is 7.13. The molecule has 0 aliphatic rings. The highest BCUT2D eigenvalue weighted by Gasteiger charge is 2.06. The van der Waals surface area contributed by atoms with Gasteiger partial charge in [-0.1, -0.05) is 32.0 Å². The van der Waals surface area contributed by atoms with E-state index < -0.39 is 0 Å². The summed E-state index contributed by atoms with van der Waals surface area (Å²) >= 11 is 0. The van der Waals surface area contributed by atoms with Crippen LogP contribution in [0, 0.1) is 0 Å². The Morgan fingerprint density at radius 1 is 1.14 bits per heavy atom. The number of nitrogens with zero attached hydrogens (tertiary/aromatic N) is 3. The number of halogens is 1. The maximum Gasteiger partial charge on any atom is 0.191 e. The lowest BCUT2D eigenvalue weighted by Crippen LogP contribution is -2.42. The van der Waals surface area contributed by atoms with Crippen molar-refractivity contribution in [2.24, 2.45) is 4.99 Å². The van der Waals surface area contributed by atoms with Gasteiger partial charge in [0.2, 0.25) is 0 Å². The summed E-state index contributed by atoms with van der Waals surface area (Å²) in [5.41, 5.74) is 1.31. The number of nitrogens with one attached hydrogen (secondary N) is 2. The fourth-order valence-corrected chi connectivity index (χ4v) is 3.45. The fourth-order valence-electron chi connectivity index (χ4n) is 3.45. The molecule has 158 valence electrons. The lowest BCUT2D eigenvalue weighted by Gasteiger charge is -2.21. The van der Waals surface area contributed by atoms with E-state index in [1.807, 2.05) is 7.05 Å². The molecule has 6 heteroatoms. The lowest BCUT2D eigenvalue weighted by molar-refractivity contribution is 0.292. The second kappa shape index (κ2) is 13.8. The number of aromatic nitrogens is 1. The molecule has 1 aromatic heterocycles. The highest BCUT2D eigenvalue weighted by molar-refractivity contribution is 14.0. The molecule has 0 fully saturated rings. The molecule has 1 atom stereocenters. The number of guanidine groups is 1. The van der Waals surface area contributed by atoms with Crippen molar-refractivity contribution in [3.63, 3.8) is 0 Å². The van der Waals surface area contributed by atoms with E-state index in [0.29, 0.717) is 6.04 Å². The van der Waals surface area contributed by atoms with E-state index in [0.717, 1.165) is 45.0 Å². The Labute approximate surface area is 188 Å². The van der Waals surface area contributed by atoms with Crippen molar-refractivity contribution in [2.75, 3.05) is 33.2 Å². The van der Waals surface area contributed by atoms with Crippen LogP contribution in [0.3, 0.4) is 0 Å². The number of aryl methyl sites for hydroxylation is 1. The SMILES string of the molecule is CCN(CC)CCCC(C)NC(=NC)NCCCn1ccc2ccccc21.I. The Morgan fingerprint density at radius 2 is 1.89 bits per heavy atom. The molecule has 5 nitrogen and oxygen atoms in total. The van der Waals surface area contributed by atoms with Crippen molar-refractivity contribution in [3.8, 4) is 0 Å². The van der Waals surface area contributed by atoms with Gasteiger partial charge in [0.05, 0.1) is 0 Å². The molecule has 2 aromatic rings. The molecule has 1 heterocycles. The number of hydrogen-bond acceptors (Lipinski definition) is 2. The number of hydrogen-bond donors (Lipinski definition) is 2. The normalized spacial score (nSPS) is 12.8. The van der Waals surface area contributed by atoms with Gasteiger partial charge in [0.25, 0.3) is 0 Å².